The number of hydrogen-bond acceptors (Lipinski definition) is 1. The van der Waals surface area contributed by atoms with Gasteiger partial charge in [0.05, 0.1) is 0 Å². The third-order valence-electron chi connectivity index (χ3n) is 4.24. The van der Waals surface area contributed by atoms with Gasteiger partial charge in [-0.15, -0.1) is 0 Å². The standard InChI is InChI=1S/C15H21N/c1-11-6-5-9-15(16-11)14-10-13(14)12-7-3-2-4-8-12/h2-4,7-8,11,13-16H,5-6,9-10H2,1H3. The fourth-order valence-corrected chi connectivity index (χ4v) is 3.26. The van der Waals surface area contributed by atoms with Crippen molar-refractivity contribution in [3.63, 3.8) is 0 Å². The summed E-state index contributed by atoms with van der Waals surface area (Å²) in [6.45, 7) is 2.33. The fraction of sp³-hybridized carbons (Fsp3) is 0.600. The van der Waals surface area contributed by atoms with Crippen molar-refractivity contribution < 1.29 is 0 Å². The molecule has 1 heterocycles. The van der Waals surface area contributed by atoms with Gasteiger partial charge in [-0.1, -0.05) is 36.8 Å². The predicted molar refractivity (Wildman–Crippen MR) is 67.5 cm³/mol. The lowest BCUT2D eigenvalue weighted by molar-refractivity contribution is 0.307. The molecule has 4 unspecified atom stereocenters. The molecule has 1 aliphatic carbocycles. The van der Waals surface area contributed by atoms with Crippen LogP contribution in [-0.2, 0) is 0 Å². The molecule has 0 spiro atoms. The quantitative estimate of drug-likeness (QED) is 0.798. The van der Waals surface area contributed by atoms with Crippen LogP contribution in [0.15, 0.2) is 30.3 Å². The average Bonchev–Trinajstić information content (AvgIpc) is 3.10. The Morgan fingerprint density at radius 2 is 1.94 bits per heavy atom. The van der Waals surface area contributed by atoms with E-state index in [1.165, 1.54) is 25.7 Å². The van der Waals surface area contributed by atoms with Gasteiger partial charge in [0.2, 0.25) is 0 Å². The second kappa shape index (κ2) is 4.21. The van der Waals surface area contributed by atoms with Crippen LogP contribution in [0.4, 0.5) is 0 Å². The van der Waals surface area contributed by atoms with Crippen LogP contribution in [0, 0.1) is 5.92 Å². The van der Waals surface area contributed by atoms with E-state index in [2.05, 4.69) is 42.6 Å². The van der Waals surface area contributed by atoms with Crippen molar-refractivity contribution in [2.45, 2.75) is 50.6 Å². The van der Waals surface area contributed by atoms with Crippen molar-refractivity contribution in [3.8, 4) is 0 Å². The lowest BCUT2D eigenvalue weighted by atomic mass is 9.94. The first-order valence-corrected chi connectivity index (χ1v) is 6.65. The highest BCUT2D eigenvalue weighted by atomic mass is 15.0. The molecule has 3 rings (SSSR count). The van der Waals surface area contributed by atoms with E-state index in [4.69, 9.17) is 0 Å². The summed E-state index contributed by atoms with van der Waals surface area (Å²) >= 11 is 0. The largest absolute Gasteiger partial charge is 0.311 e. The minimum atomic E-state index is 0.732. The average molecular weight is 215 g/mol. The number of rotatable bonds is 2. The van der Waals surface area contributed by atoms with Gasteiger partial charge in [0, 0.05) is 12.1 Å². The zero-order valence-electron chi connectivity index (χ0n) is 10.0. The topological polar surface area (TPSA) is 12.0 Å². The molecule has 1 heteroatoms. The van der Waals surface area contributed by atoms with E-state index in [-0.39, 0.29) is 0 Å². The van der Waals surface area contributed by atoms with E-state index in [0.29, 0.717) is 0 Å². The van der Waals surface area contributed by atoms with Gasteiger partial charge in [-0.05, 0) is 43.6 Å². The molecule has 1 aromatic rings. The summed E-state index contributed by atoms with van der Waals surface area (Å²) < 4.78 is 0. The molecule has 1 N–H and O–H groups in total. The molecule has 86 valence electrons. The highest BCUT2D eigenvalue weighted by molar-refractivity contribution is 5.26. The van der Waals surface area contributed by atoms with Crippen molar-refractivity contribution in [2.24, 2.45) is 5.92 Å². The van der Waals surface area contributed by atoms with Gasteiger partial charge in [0.15, 0.2) is 0 Å². The van der Waals surface area contributed by atoms with Crippen LogP contribution in [0.25, 0.3) is 0 Å². The van der Waals surface area contributed by atoms with Crippen LogP contribution in [-0.4, -0.2) is 12.1 Å². The minimum Gasteiger partial charge on any atom is -0.311 e. The maximum atomic E-state index is 3.78. The van der Waals surface area contributed by atoms with Crippen LogP contribution >= 0.6 is 0 Å². The van der Waals surface area contributed by atoms with Crippen LogP contribution in [0.1, 0.15) is 44.1 Å². The van der Waals surface area contributed by atoms with Gasteiger partial charge in [-0.2, -0.15) is 0 Å². The van der Waals surface area contributed by atoms with Gasteiger partial charge in [0.25, 0.3) is 0 Å². The molecule has 0 radical (unpaired) electrons. The molecule has 1 saturated heterocycles. The van der Waals surface area contributed by atoms with Gasteiger partial charge >= 0.3 is 0 Å². The number of piperidine rings is 1. The monoisotopic (exact) mass is 215 g/mol. The van der Waals surface area contributed by atoms with Crippen molar-refractivity contribution in [3.05, 3.63) is 35.9 Å². The number of hydrogen-bond donors (Lipinski definition) is 1. The Labute approximate surface area is 98.3 Å². The maximum absolute atomic E-state index is 3.78. The molecule has 0 amide bonds. The van der Waals surface area contributed by atoms with E-state index >= 15 is 0 Å². The number of benzene rings is 1. The van der Waals surface area contributed by atoms with Crippen molar-refractivity contribution in [2.75, 3.05) is 0 Å². The lowest BCUT2D eigenvalue weighted by Crippen LogP contribution is -2.42. The Kier molecular flexibility index (Phi) is 2.72. The predicted octanol–water partition coefficient (Wildman–Crippen LogP) is 3.32. The smallest absolute Gasteiger partial charge is 0.0104 e. The van der Waals surface area contributed by atoms with Gasteiger partial charge in [0.1, 0.15) is 0 Å². The SMILES string of the molecule is CC1CCCC(C2CC2c2ccccc2)N1. The van der Waals surface area contributed by atoms with E-state index in [1.54, 1.807) is 5.56 Å². The zero-order valence-corrected chi connectivity index (χ0v) is 10.0. The Hall–Kier alpha value is -0.820. The minimum absolute atomic E-state index is 0.732. The Morgan fingerprint density at radius 3 is 2.69 bits per heavy atom. The molecular formula is C15H21N. The summed E-state index contributed by atoms with van der Waals surface area (Å²) in [5.74, 6) is 1.74. The van der Waals surface area contributed by atoms with E-state index in [1.807, 2.05) is 0 Å². The Balaban J connectivity index is 1.63. The van der Waals surface area contributed by atoms with Gasteiger partial charge < -0.3 is 5.32 Å². The Bertz CT molecular complexity index is 346. The fourth-order valence-electron chi connectivity index (χ4n) is 3.26. The van der Waals surface area contributed by atoms with Gasteiger partial charge in [-0.3, -0.25) is 0 Å². The second-order valence-electron chi connectivity index (χ2n) is 5.52. The first-order valence-electron chi connectivity index (χ1n) is 6.65. The second-order valence-corrected chi connectivity index (χ2v) is 5.52. The summed E-state index contributed by atoms with van der Waals surface area (Å²) in [4.78, 5) is 0. The van der Waals surface area contributed by atoms with Crippen LogP contribution < -0.4 is 5.32 Å². The third kappa shape index (κ3) is 2.01. The normalized spacial score (nSPS) is 38.3. The molecule has 0 bridgehead atoms. The van der Waals surface area contributed by atoms with Crippen molar-refractivity contribution >= 4 is 0 Å². The van der Waals surface area contributed by atoms with Crippen LogP contribution in [0.5, 0.6) is 0 Å². The Morgan fingerprint density at radius 1 is 1.12 bits per heavy atom. The summed E-state index contributed by atoms with van der Waals surface area (Å²) in [5.41, 5.74) is 1.55. The zero-order chi connectivity index (χ0) is 11.0. The molecule has 2 fully saturated rings. The lowest BCUT2D eigenvalue weighted by Gasteiger charge is -2.29. The highest BCUT2D eigenvalue weighted by Gasteiger charge is 2.44. The van der Waals surface area contributed by atoms with E-state index in [0.717, 1.165) is 23.9 Å². The molecule has 0 aromatic heterocycles. The summed E-state index contributed by atoms with van der Waals surface area (Å²) in [7, 11) is 0. The van der Waals surface area contributed by atoms with Crippen LogP contribution in [0.3, 0.4) is 0 Å². The molecule has 16 heavy (non-hydrogen) atoms. The molecule has 2 aliphatic rings. The van der Waals surface area contributed by atoms with Gasteiger partial charge in [-0.25, -0.2) is 0 Å². The van der Waals surface area contributed by atoms with E-state index in [9.17, 15) is 0 Å². The molecule has 1 aliphatic heterocycles. The number of nitrogens with one attached hydrogen (secondary N) is 1. The molecule has 1 saturated carbocycles. The highest BCUT2D eigenvalue weighted by Crippen LogP contribution is 2.50. The molecule has 1 aromatic carbocycles. The van der Waals surface area contributed by atoms with Crippen molar-refractivity contribution in [1.82, 2.24) is 5.32 Å². The van der Waals surface area contributed by atoms with E-state index < -0.39 is 0 Å². The maximum Gasteiger partial charge on any atom is 0.0104 e. The third-order valence-corrected chi connectivity index (χ3v) is 4.24. The molecule has 4 atom stereocenters. The molecular weight excluding hydrogens is 194 g/mol. The first-order chi connectivity index (χ1) is 7.84. The summed E-state index contributed by atoms with van der Waals surface area (Å²) in [6.07, 6.45) is 5.56. The first kappa shape index (κ1) is 10.3. The summed E-state index contributed by atoms with van der Waals surface area (Å²) in [6, 6.07) is 12.5. The molecule has 1 nitrogen and oxygen atoms in total. The summed E-state index contributed by atoms with van der Waals surface area (Å²) in [5, 5.41) is 3.78. The van der Waals surface area contributed by atoms with Crippen LogP contribution in [0.2, 0.25) is 0 Å². The van der Waals surface area contributed by atoms with Crippen molar-refractivity contribution in [1.29, 1.82) is 0 Å².